The zero-order chi connectivity index (χ0) is 13.7. The Hall–Kier alpha value is -1.35. The van der Waals surface area contributed by atoms with Crippen molar-refractivity contribution in [1.82, 2.24) is 4.90 Å². The Morgan fingerprint density at radius 2 is 1.89 bits per heavy atom. The second kappa shape index (κ2) is 6.55. The Morgan fingerprint density at radius 1 is 1.28 bits per heavy atom. The van der Waals surface area contributed by atoms with E-state index >= 15 is 0 Å². The maximum Gasteiger partial charge on any atom is 0.305 e. The number of hydrogen-bond donors (Lipinski definition) is 1. The summed E-state index contributed by atoms with van der Waals surface area (Å²) in [5, 5.41) is 9.12. The van der Waals surface area contributed by atoms with Gasteiger partial charge in [0.15, 0.2) is 0 Å². The predicted molar refractivity (Wildman–Crippen MR) is 73.8 cm³/mol. The fourth-order valence-corrected chi connectivity index (χ4v) is 2.40. The third-order valence-electron chi connectivity index (χ3n) is 3.63. The van der Waals surface area contributed by atoms with Crippen LogP contribution in [0.3, 0.4) is 0 Å². The molecule has 0 fully saturated rings. The molecule has 0 heterocycles. The lowest BCUT2D eigenvalue weighted by Gasteiger charge is -2.30. The lowest BCUT2D eigenvalue weighted by atomic mass is 9.94. The van der Waals surface area contributed by atoms with Crippen LogP contribution in [-0.4, -0.2) is 29.1 Å². The smallest absolute Gasteiger partial charge is 0.305 e. The van der Waals surface area contributed by atoms with E-state index in [2.05, 4.69) is 38.7 Å². The molecule has 0 bridgehead atoms. The monoisotopic (exact) mass is 249 g/mol. The number of carboxylic acid groups (broad SMARTS) is 1. The molecule has 0 spiro atoms. The summed E-state index contributed by atoms with van der Waals surface area (Å²) in [7, 11) is 0. The van der Waals surface area contributed by atoms with Crippen LogP contribution in [0.1, 0.15) is 43.0 Å². The van der Waals surface area contributed by atoms with Crippen molar-refractivity contribution in [1.29, 1.82) is 0 Å². The molecular formula is C15H23NO2. The second-order valence-corrected chi connectivity index (χ2v) is 4.62. The first-order valence-electron chi connectivity index (χ1n) is 6.53. The van der Waals surface area contributed by atoms with Gasteiger partial charge in [-0.05, 0) is 43.6 Å². The summed E-state index contributed by atoms with van der Waals surface area (Å²) >= 11 is 0. The van der Waals surface area contributed by atoms with E-state index in [1.807, 2.05) is 12.1 Å². The van der Waals surface area contributed by atoms with Gasteiger partial charge in [0.25, 0.3) is 0 Å². The molecule has 1 N–H and O–H groups in total. The highest BCUT2D eigenvalue weighted by molar-refractivity contribution is 5.68. The Balaban J connectivity index is 3.16. The van der Waals surface area contributed by atoms with Crippen LogP contribution < -0.4 is 0 Å². The van der Waals surface area contributed by atoms with Gasteiger partial charge in [-0.25, -0.2) is 0 Å². The molecule has 0 aliphatic carbocycles. The minimum absolute atomic E-state index is 0.0302. The van der Waals surface area contributed by atoms with Gasteiger partial charge < -0.3 is 5.11 Å². The molecule has 100 valence electrons. The van der Waals surface area contributed by atoms with E-state index in [9.17, 15) is 4.79 Å². The molecule has 1 unspecified atom stereocenters. The number of benzene rings is 1. The molecule has 0 aromatic heterocycles. The minimum Gasteiger partial charge on any atom is -0.481 e. The number of carboxylic acids is 1. The van der Waals surface area contributed by atoms with Crippen molar-refractivity contribution in [3.05, 3.63) is 34.9 Å². The van der Waals surface area contributed by atoms with Gasteiger partial charge in [0.1, 0.15) is 0 Å². The van der Waals surface area contributed by atoms with Gasteiger partial charge in [-0.3, -0.25) is 9.69 Å². The van der Waals surface area contributed by atoms with Crippen LogP contribution in [0.4, 0.5) is 0 Å². The Kier molecular flexibility index (Phi) is 5.35. The van der Waals surface area contributed by atoms with Gasteiger partial charge >= 0.3 is 5.97 Å². The molecule has 1 rings (SSSR count). The summed E-state index contributed by atoms with van der Waals surface area (Å²) in [6, 6.07) is 6.10. The topological polar surface area (TPSA) is 40.5 Å². The van der Waals surface area contributed by atoms with Crippen molar-refractivity contribution in [3.63, 3.8) is 0 Å². The lowest BCUT2D eigenvalue weighted by molar-refractivity contribution is -0.138. The summed E-state index contributed by atoms with van der Waals surface area (Å²) in [5.74, 6) is -0.743. The SMILES string of the molecule is CCN(CC)C(CC(=O)O)c1cccc(C)c1C. The van der Waals surface area contributed by atoms with Gasteiger partial charge in [-0.1, -0.05) is 32.0 Å². The highest BCUT2D eigenvalue weighted by Gasteiger charge is 2.22. The van der Waals surface area contributed by atoms with Crippen LogP contribution in [0.25, 0.3) is 0 Å². The molecule has 3 heteroatoms. The van der Waals surface area contributed by atoms with Crippen LogP contribution in [-0.2, 0) is 4.79 Å². The maximum atomic E-state index is 11.1. The molecule has 1 aromatic carbocycles. The standard InChI is InChI=1S/C15H23NO2/c1-5-16(6-2)14(10-15(17)18)13-9-7-8-11(3)12(13)4/h7-9,14H,5-6,10H2,1-4H3,(H,17,18). The van der Waals surface area contributed by atoms with Crippen molar-refractivity contribution in [2.24, 2.45) is 0 Å². The van der Waals surface area contributed by atoms with Crippen LogP contribution >= 0.6 is 0 Å². The van der Waals surface area contributed by atoms with Crippen LogP contribution in [0, 0.1) is 13.8 Å². The number of aliphatic carboxylic acids is 1. The zero-order valence-corrected chi connectivity index (χ0v) is 11.7. The Morgan fingerprint density at radius 3 is 2.39 bits per heavy atom. The highest BCUT2D eigenvalue weighted by Crippen LogP contribution is 2.28. The molecular weight excluding hydrogens is 226 g/mol. The van der Waals surface area contributed by atoms with Gasteiger partial charge in [-0.15, -0.1) is 0 Å². The fraction of sp³-hybridized carbons (Fsp3) is 0.533. The summed E-state index contributed by atoms with van der Waals surface area (Å²) in [4.78, 5) is 13.3. The summed E-state index contributed by atoms with van der Waals surface area (Å²) in [6.45, 7) is 10.0. The van der Waals surface area contributed by atoms with E-state index in [1.54, 1.807) is 0 Å². The third-order valence-corrected chi connectivity index (χ3v) is 3.63. The summed E-state index contributed by atoms with van der Waals surface area (Å²) in [6.07, 6.45) is 0.159. The van der Waals surface area contributed by atoms with Crippen molar-refractivity contribution in [2.45, 2.75) is 40.2 Å². The predicted octanol–water partition coefficient (Wildman–Crippen LogP) is 3.16. The average molecular weight is 249 g/mol. The zero-order valence-electron chi connectivity index (χ0n) is 11.7. The van der Waals surface area contributed by atoms with Crippen molar-refractivity contribution < 1.29 is 9.90 Å². The first-order valence-corrected chi connectivity index (χ1v) is 6.53. The quantitative estimate of drug-likeness (QED) is 0.842. The van der Waals surface area contributed by atoms with E-state index in [4.69, 9.17) is 5.11 Å². The summed E-state index contributed by atoms with van der Waals surface area (Å²) < 4.78 is 0. The van der Waals surface area contributed by atoms with Crippen LogP contribution in [0.5, 0.6) is 0 Å². The Labute approximate surface area is 109 Å². The molecule has 0 saturated carbocycles. The molecule has 1 atom stereocenters. The average Bonchev–Trinajstić information content (AvgIpc) is 2.32. The van der Waals surface area contributed by atoms with E-state index in [0.717, 1.165) is 18.7 Å². The molecule has 0 aliphatic rings. The van der Waals surface area contributed by atoms with Gasteiger partial charge in [0.05, 0.1) is 6.42 Å². The Bertz CT molecular complexity index is 411. The van der Waals surface area contributed by atoms with Crippen LogP contribution in [0.2, 0.25) is 0 Å². The molecule has 0 saturated heterocycles. The van der Waals surface area contributed by atoms with Crippen molar-refractivity contribution in [3.8, 4) is 0 Å². The fourth-order valence-electron chi connectivity index (χ4n) is 2.40. The van der Waals surface area contributed by atoms with E-state index < -0.39 is 5.97 Å². The van der Waals surface area contributed by atoms with Crippen LogP contribution in [0.15, 0.2) is 18.2 Å². The summed E-state index contributed by atoms with van der Waals surface area (Å²) in [5.41, 5.74) is 3.56. The molecule has 0 radical (unpaired) electrons. The third kappa shape index (κ3) is 3.33. The van der Waals surface area contributed by atoms with Crippen molar-refractivity contribution >= 4 is 5.97 Å². The van der Waals surface area contributed by atoms with Crippen molar-refractivity contribution in [2.75, 3.05) is 13.1 Å². The largest absolute Gasteiger partial charge is 0.481 e. The molecule has 1 aromatic rings. The molecule has 0 aliphatic heterocycles. The van der Waals surface area contributed by atoms with Gasteiger partial charge in [-0.2, -0.15) is 0 Å². The number of hydrogen-bond acceptors (Lipinski definition) is 2. The van der Waals surface area contributed by atoms with E-state index in [0.29, 0.717) is 0 Å². The highest BCUT2D eigenvalue weighted by atomic mass is 16.4. The lowest BCUT2D eigenvalue weighted by Crippen LogP contribution is -2.30. The number of nitrogens with zero attached hydrogens (tertiary/aromatic N) is 1. The molecule has 3 nitrogen and oxygen atoms in total. The minimum atomic E-state index is -0.743. The number of carbonyl (C=O) groups is 1. The molecule has 0 amide bonds. The van der Waals surface area contributed by atoms with Gasteiger partial charge in [0.2, 0.25) is 0 Å². The molecule has 18 heavy (non-hydrogen) atoms. The first-order chi connectivity index (χ1) is 8.51. The first kappa shape index (κ1) is 14.7. The van der Waals surface area contributed by atoms with E-state index in [1.165, 1.54) is 11.1 Å². The van der Waals surface area contributed by atoms with E-state index in [-0.39, 0.29) is 12.5 Å². The maximum absolute atomic E-state index is 11.1. The second-order valence-electron chi connectivity index (χ2n) is 4.62. The number of aryl methyl sites for hydroxylation is 1. The van der Waals surface area contributed by atoms with Gasteiger partial charge in [0, 0.05) is 6.04 Å². The normalized spacial score (nSPS) is 12.7. The number of rotatable bonds is 6.